The van der Waals surface area contributed by atoms with Crippen LogP contribution in [0.1, 0.15) is 0 Å². The number of nitrogens with two attached hydrogens (primary N) is 1. The van der Waals surface area contributed by atoms with Crippen LogP contribution in [0.25, 0.3) is 11.1 Å². The summed E-state index contributed by atoms with van der Waals surface area (Å²) in [6.07, 6.45) is 0. The Hall–Kier alpha value is -1.54. The van der Waals surface area contributed by atoms with Crippen molar-refractivity contribution in [1.29, 1.82) is 0 Å². The third-order valence-corrected chi connectivity index (χ3v) is 2.19. The summed E-state index contributed by atoms with van der Waals surface area (Å²) in [5, 5.41) is 0.419. The summed E-state index contributed by atoms with van der Waals surface area (Å²) in [4.78, 5) is 3.99. The lowest BCUT2D eigenvalue weighted by atomic mass is 10.1. The van der Waals surface area contributed by atoms with Gasteiger partial charge >= 0.3 is 0 Å². The molecule has 0 aliphatic heterocycles. The van der Waals surface area contributed by atoms with E-state index >= 15 is 0 Å². The zero-order valence-corrected chi connectivity index (χ0v) is 8.20. The molecule has 0 unspecified atom stereocenters. The van der Waals surface area contributed by atoms with Crippen molar-refractivity contribution in [2.75, 3.05) is 5.73 Å². The van der Waals surface area contributed by atoms with E-state index in [1.54, 1.807) is 6.07 Å². The number of hydrogen-bond donors (Lipinski definition) is 1. The van der Waals surface area contributed by atoms with Crippen LogP contribution < -0.4 is 5.73 Å². The van der Waals surface area contributed by atoms with E-state index in [0.29, 0.717) is 11.0 Å². The van der Waals surface area contributed by atoms with Crippen LogP contribution in [-0.2, 0) is 0 Å². The molecule has 0 bridgehead atoms. The molecule has 2 rings (SSSR count). The number of halogens is 1. The molecule has 0 saturated heterocycles. The molecule has 1 aromatic heterocycles. The first-order chi connectivity index (χ1) is 6.77. The minimum Gasteiger partial charge on any atom is -0.383 e. The molecule has 0 aliphatic carbocycles. The maximum Gasteiger partial charge on any atom is 0.133 e. The normalized spacial score (nSPS) is 10.1. The molecule has 0 amide bonds. The number of pyridine rings is 1. The Bertz CT molecular complexity index is 440. The van der Waals surface area contributed by atoms with Crippen molar-refractivity contribution in [2.24, 2.45) is 0 Å². The maximum atomic E-state index is 5.76. The van der Waals surface area contributed by atoms with Crippen LogP contribution in [0.3, 0.4) is 0 Å². The molecular weight excluding hydrogens is 196 g/mol. The van der Waals surface area contributed by atoms with Gasteiger partial charge in [-0.05, 0) is 17.7 Å². The van der Waals surface area contributed by atoms with E-state index in [1.165, 1.54) is 0 Å². The quantitative estimate of drug-likeness (QED) is 0.726. The van der Waals surface area contributed by atoms with Crippen LogP contribution >= 0.6 is 11.6 Å². The lowest BCUT2D eigenvalue weighted by molar-refractivity contribution is 1.34. The second-order valence-corrected chi connectivity index (χ2v) is 3.32. The molecule has 0 saturated carbocycles. The monoisotopic (exact) mass is 204 g/mol. The summed E-state index contributed by atoms with van der Waals surface area (Å²) in [5.41, 5.74) is 7.72. The summed E-state index contributed by atoms with van der Waals surface area (Å²) in [6.45, 7) is 0. The van der Waals surface area contributed by atoms with E-state index in [2.05, 4.69) is 4.98 Å². The summed E-state index contributed by atoms with van der Waals surface area (Å²) in [6, 6.07) is 13.5. The van der Waals surface area contributed by atoms with Crippen molar-refractivity contribution in [3.8, 4) is 11.1 Å². The van der Waals surface area contributed by atoms with Gasteiger partial charge in [-0.3, -0.25) is 0 Å². The lowest BCUT2D eigenvalue weighted by Gasteiger charge is -2.04. The number of rotatable bonds is 1. The highest BCUT2D eigenvalue weighted by Crippen LogP contribution is 2.25. The van der Waals surface area contributed by atoms with E-state index in [0.717, 1.165) is 11.1 Å². The number of hydrogen-bond acceptors (Lipinski definition) is 2. The zero-order valence-electron chi connectivity index (χ0n) is 7.44. The third kappa shape index (κ3) is 1.70. The van der Waals surface area contributed by atoms with Crippen molar-refractivity contribution in [3.63, 3.8) is 0 Å². The number of nitrogen functional groups attached to an aromatic ring is 1. The van der Waals surface area contributed by atoms with Gasteiger partial charge in [0.25, 0.3) is 0 Å². The van der Waals surface area contributed by atoms with E-state index < -0.39 is 0 Å². The van der Waals surface area contributed by atoms with E-state index in [4.69, 9.17) is 17.3 Å². The summed E-state index contributed by atoms with van der Waals surface area (Å²) >= 11 is 5.71. The average molecular weight is 205 g/mol. The van der Waals surface area contributed by atoms with E-state index in [9.17, 15) is 0 Å². The third-order valence-electron chi connectivity index (χ3n) is 1.98. The second-order valence-electron chi connectivity index (χ2n) is 2.93. The number of nitrogens with zero attached hydrogens (tertiary/aromatic N) is 1. The summed E-state index contributed by atoms with van der Waals surface area (Å²) in [5.74, 6) is 0.462. The maximum absolute atomic E-state index is 5.76. The molecule has 0 aliphatic rings. The molecule has 1 heterocycles. The van der Waals surface area contributed by atoms with E-state index in [1.807, 2.05) is 36.4 Å². The molecule has 3 heteroatoms. The van der Waals surface area contributed by atoms with Gasteiger partial charge < -0.3 is 5.73 Å². The van der Waals surface area contributed by atoms with Crippen LogP contribution in [0.4, 0.5) is 5.82 Å². The Labute approximate surface area is 87.4 Å². The van der Waals surface area contributed by atoms with Gasteiger partial charge in [-0.2, -0.15) is 0 Å². The minimum absolute atomic E-state index is 0.419. The van der Waals surface area contributed by atoms with Crippen molar-refractivity contribution < 1.29 is 0 Å². The first kappa shape index (κ1) is 9.03. The molecule has 0 radical (unpaired) electrons. The zero-order chi connectivity index (χ0) is 9.97. The van der Waals surface area contributed by atoms with Gasteiger partial charge in [0.2, 0.25) is 0 Å². The van der Waals surface area contributed by atoms with Gasteiger partial charge in [0, 0.05) is 5.56 Å². The average Bonchev–Trinajstić information content (AvgIpc) is 2.19. The molecule has 2 N–H and O–H groups in total. The summed E-state index contributed by atoms with van der Waals surface area (Å²) in [7, 11) is 0. The van der Waals surface area contributed by atoms with Crippen LogP contribution in [0.5, 0.6) is 0 Å². The first-order valence-electron chi connectivity index (χ1n) is 4.25. The largest absolute Gasteiger partial charge is 0.383 e. The molecule has 14 heavy (non-hydrogen) atoms. The molecule has 2 nitrogen and oxygen atoms in total. The van der Waals surface area contributed by atoms with Crippen molar-refractivity contribution in [1.82, 2.24) is 4.98 Å². The highest BCUT2D eigenvalue weighted by molar-refractivity contribution is 6.29. The molecule has 0 atom stereocenters. The Morgan fingerprint density at radius 1 is 1.00 bits per heavy atom. The van der Waals surface area contributed by atoms with Gasteiger partial charge in [-0.15, -0.1) is 0 Å². The highest BCUT2D eigenvalue weighted by Gasteiger charge is 2.02. The van der Waals surface area contributed by atoms with Gasteiger partial charge in [0.05, 0.1) is 0 Å². The predicted octanol–water partition coefficient (Wildman–Crippen LogP) is 2.98. The molecular formula is C11H9ClN2. The molecule has 0 spiro atoms. The van der Waals surface area contributed by atoms with Crippen LogP contribution in [0, 0.1) is 0 Å². The van der Waals surface area contributed by atoms with Crippen molar-refractivity contribution in [2.45, 2.75) is 0 Å². The predicted molar refractivity (Wildman–Crippen MR) is 59.1 cm³/mol. The molecule has 0 fully saturated rings. The Morgan fingerprint density at radius 2 is 1.71 bits per heavy atom. The van der Waals surface area contributed by atoms with Gasteiger partial charge in [-0.25, -0.2) is 4.98 Å². The van der Waals surface area contributed by atoms with E-state index in [-0.39, 0.29) is 0 Å². The fourth-order valence-corrected chi connectivity index (χ4v) is 1.47. The van der Waals surface area contributed by atoms with Crippen LogP contribution in [0.15, 0.2) is 42.5 Å². The molecule has 1 aromatic carbocycles. The highest BCUT2D eigenvalue weighted by atomic mass is 35.5. The van der Waals surface area contributed by atoms with Crippen molar-refractivity contribution >= 4 is 17.4 Å². The second kappa shape index (κ2) is 3.68. The fourth-order valence-electron chi connectivity index (χ4n) is 1.31. The topological polar surface area (TPSA) is 38.9 Å². The van der Waals surface area contributed by atoms with Gasteiger partial charge in [0.15, 0.2) is 0 Å². The number of anilines is 1. The first-order valence-corrected chi connectivity index (χ1v) is 4.62. The van der Waals surface area contributed by atoms with Crippen molar-refractivity contribution in [3.05, 3.63) is 47.6 Å². The SMILES string of the molecule is Nc1nc(Cl)ccc1-c1ccccc1. The van der Waals surface area contributed by atoms with Gasteiger partial charge in [0.1, 0.15) is 11.0 Å². The molecule has 2 aromatic rings. The fraction of sp³-hybridized carbons (Fsp3) is 0. The standard InChI is InChI=1S/C11H9ClN2/c12-10-7-6-9(11(13)14-10)8-4-2-1-3-5-8/h1-7H,(H2,13,14). The van der Waals surface area contributed by atoms with Crippen LogP contribution in [-0.4, -0.2) is 4.98 Å². The Kier molecular flexibility index (Phi) is 2.37. The summed E-state index contributed by atoms with van der Waals surface area (Å²) < 4.78 is 0. The lowest BCUT2D eigenvalue weighted by Crippen LogP contribution is -1.93. The van der Waals surface area contributed by atoms with Crippen LogP contribution in [0.2, 0.25) is 5.15 Å². The molecule has 70 valence electrons. The Balaban J connectivity index is 2.53. The minimum atomic E-state index is 0.419. The van der Waals surface area contributed by atoms with Gasteiger partial charge in [-0.1, -0.05) is 41.9 Å². The Morgan fingerprint density at radius 3 is 2.36 bits per heavy atom. The smallest absolute Gasteiger partial charge is 0.133 e. The number of benzene rings is 1. The number of aromatic nitrogens is 1.